The molecule has 0 unspecified atom stereocenters. The average Bonchev–Trinajstić information content (AvgIpc) is 2.88. The van der Waals surface area contributed by atoms with Crippen molar-refractivity contribution < 1.29 is 14.6 Å². The lowest BCUT2D eigenvalue weighted by Gasteiger charge is -2.32. The van der Waals surface area contributed by atoms with Gasteiger partial charge in [0.05, 0.1) is 17.2 Å². The summed E-state index contributed by atoms with van der Waals surface area (Å²) < 4.78 is 11.6. The fourth-order valence-electron chi connectivity index (χ4n) is 4.46. The minimum Gasteiger partial charge on any atom is -0.489 e. The molecule has 1 saturated heterocycles. The molecule has 164 valence electrons. The molecule has 0 atom stereocenters. The van der Waals surface area contributed by atoms with Crippen LogP contribution in [0.3, 0.4) is 0 Å². The van der Waals surface area contributed by atoms with E-state index in [9.17, 15) is 10.4 Å². The zero-order valence-corrected chi connectivity index (χ0v) is 18.3. The molecule has 0 radical (unpaired) electrons. The van der Waals surface area contributed by atoms with E-state index in [1.54, 1.807) is 0 Å². The summed E-state index contributed by atoms with van der Waals surface area (Å²) in [5, 5.41) is 22.5. The third kappa shape index (κ3) is 4.47. The molecular weight excluding hydrogens is 410 g/mol. The van der Waals surface area contributed by atoms with Gasteiger partial charge in [-0.2, -0.15) is 5.26 Å². The van der Waals surface area contributed by atoms with E-state index in [1.165, 1.54) is 0 Å². The van der Waals surface area contributed by atoms with Crippen molar-refractivity contribution in [2.45, 2.75) is 25.0 Å². The van der Waals surface area contributed by atoms with Crippen LogP contribution in [-0.4, -0.2) is 18.3 Å². The van der Waals surface area contributed by atoms with Gasteiger partial charge >= 0.3 is 0 Å². The third-order valence-electron chi connectivity index (χ3n) is 6.33. The molecule has 4 aromatic rings. The summed E-state index contributed by atoms with van der Waals surface area (Å²) in [6.07, 6.45) is 1.21. The van der Waals surface area contributed by atoms with Crippen LogP contribution in [0, 0.1) is 11.3 Å². The molecule has 1 aliphatic rings. The number of nitrogens with zero attached hydrogens (tertiary/aromatic N) is 1. The van der Waals surface area contributed by atoms with Gasteiger partial charge in [-0.05, 0) is 63.4 Å². The van der Waals surface area contributed by atoms with Gasteiger partial charge in [-0.15, -0.1) is 0 Å². The Balaban J connectivity index is 1.42. The van der Waals surface area contributed by atoms with Crippen LogP contribution in [-0.2, 0) is 16.9 Å². The van der Waals surface area contributed by atoms with Crippen molar-refractivity contribution in [1.29, 1.82) is 5.26 Å². The van der Waals surface area contributed by atoms with Crippen LogP contribution in [0.4, 0.5) is 0 Å². The number of benzene rings is 4. The molecule has 5 rings (SSSR count). The number of rotatable bonds is 5. The average molecular weight is 436 g/mol. The lowest BCUT2D eigenvalue weighted by Crippen LogP contribution is -2.33. The van der Waals surface area contributed by atoms with Crippen molar-refractivity contribution >= 4 is 10.8 Å². The molecule has 1 aliphatic heterocycles. The standard InChI is InChI=1S/C29H25NO3/c30-19-22-15-24-9-10-26(18-28(24)27(17-22)23-6-2-1-3-7-23)33-20-21-5-4-8-25(16-21)29(31)11-13-32-14-12-29/h1-10,15-18,31H,11-14,20H2. The van der Waals surface area contributed by atoms with E-state index < -0.39 is 5.60 Å². The number of ether oxygens (including phenoxy) is 2. The lowest BCUT2D eigenvalue weighted by molar-refractivity contribution is -0.0679. The molecule has 0 saturated carbocycles. The summed E-state index contributed by atoms with van der Waals surface area (Å²) >= 11 is 0. The Morgan fingerprint density at radius 1 is 0.909 bits per heavy atom. The zero-order chi connectivity index (χ0) is 22.7. The molecule has 4 nitrogen and oxygen atoms in total. The van der Waals surface area contributed by atoms with Crippen molar-refractivity contribution in [2.75, 3.05) is 13.2 Å². The largest absolute Gasteiger partial charge is 0.489 e. The van der Waals surface area contributed by atoms with E-state index in [0.29, 0.717) is 38.2 Å². The molecule has 1 fully saturated rings. The summed E-state index contributed by atoms with van der Waals surface area (Å²) in [7, 11) is 0. The molecule has 0 bridgehead atoms. The Hall–Kier alpha value is -3.65. The van der Waals surface area contributed by atoms with Gasteiger partial charge in [0.2, 0.25) is 0 Å². The van der Waals surface area contributed by atoms with Gasteiger partial charge in [0.15, 0.2) is 0 Å². The highest BCUT2D eigenvalue weighted by Gasteiger charge is 2.31. The minimum atomic E-state index is -0.833. The molecule has 0 spiro atoms. The fourth-order valence-corrected chi connectivity index (χ4v) is 4.46. The highest BCUT2D eigenvalue weighted by atomic mass is 16.5. The van der Waals surface area contributed by atoms with Crippen molar-refractivity contribution in [3.05, 3.63) is 102 Å². The number of hydrogen-bond acceptors (Lipinski definition) is 4. The molecule has 1 N–H and O–H groups in total. The first-order valence-corrected chi connectivity index (χ1v) is 11.2. The van der Waals surface area contributed by atoms with E-state index in [1.807, 2.05) is 72.8 Å². The Morgan fingerprint density at radius 3 is 2.52 bits per heavy atom. The quantitative estimate of drug-likeness (QED) is 0.420. The normalized spacial score (nSPS) is 15.2. The maximum Gasteiger partial charge on any atom is 0.120 e. The molecule has 33 heavy (non-hydrogen) atoms. The van der Waals surface area contributed by atoms with Crippen molar-refractivity contribution in [1.82, 2.24) is 0 Å². The molecular formula is C29H25NO3. The SMILES string of the molecule is N#Cc1cc(-c2ccccc2)c2cc(OCc3cccc(C4(O)CCOCC4)c3)ccc2c1. The van der Waals surface area contributed by atoms with Gasteiger partial charge < -0.3 is 14.6 Å². The van der Waals surface area contributed by atoms with Gasteiger partial charge in [0, 0.05) is 26.1 Å². The Bertz CT molecular complexity index is 1320. The van der Waals surface area contributed by atoms with E-state index in [2.05, 4.69) is 18.2 Å². The smallest absolute Gasteiger partial charge is 0.120 e. The summed E-state index contributed by atoms with van der Waals surface area (Å²) in [4.78, 5) is 0. The van der Waals surface area contributed by atoms with E-state index in [-0.39, 0.29) is 0 Å². The topological polar surface area (TPSA) is 62.5 Å². The molecule has 1 heterocycles. The van der Waals surface area contributed by atoms with Gasteiger partial charge in [0.1, 0.15) is 12.4 Å². The van der Waals surface area contributed by atoms with Gasteiger partial charge in [0.25, 0.3) is 0 Å². The highest BCUT2D eigenvalue weighted by molar-refractivity contribution is 5.98. The summed E-state index contributed by atoms with van der Waals surface area (Å²) in [6.45, 7) is 1.56. The summed E-state index contributed by atoms with van der Waals surface area (Å²) in [5.41, 5.74) is 3.81. The molecule has 0 aromatic heterocycles. The molecule has 4 heteroatoms. The van der Waals surface area contributed by atoms with Crippen molar-refractivity contribution in [2.24, 2.45) is 0 Å². The van der Waals surface area contributed by atoms with Gasteiger partial charge in [-0.25, -0.2) is 0 Å². The molecule has 0 amide bonds. The second kappa shape index (κ2) is 9.07. The Morgan fingerprint density at radius 2 is 1.73 bits per heavy atom. The molecule has 4 aromatic carbocycles. The Kier molecular flexibility index (Phi) is 5.83. The van der Waals surface area contributed by atoms with Crippen LogP contribution >= 0.6 is 0 Å². The predicted octanol–water partition coefficient (Wildman–Crippen LogP) is 5.96. The monoisotopic (exact) mass is 435 g/mol. The van der Waals surface area contributed by atoms with Crippen LogP contribution in [0.25, 0.3) is 21.9 Å². The summed E-state index contributed by atoms with van der Waals surface area (Å²) in [6, 6.07) is 30.2. The van der Waals surface area contributed by atoms with Gasteiger partial charge in [-0.1, -0.05) is 54.6 Å². The predicted molar refractivity (Wildman–Crippen MR) is 129 cm³/mol. The first-order valence-electron chi connectivity index (χ1n) is 11.2. The maximum absolute atomic E-state index is 11.0. The van der Waals surface area contributed by atoms with Gasteiger partial charge in [-0.3, -0.25) is 0 Å². The van der Waals surface area contributed by atoms with Crippen LogP contribution < -0.4 is 4.74 Å². The number of nitriles is 1. The van der Waals surface area contributed by atoms with E-state index >= 15 is 0 Å². The van der Waals surface area contributed by atoms with Crippen molar-refractivity contribution in [3.8, 4) is 22.9 Å². The minimum absolute atomic E-state index is 0.406. The number of hydrogen-bond donors (Lipinski definition) is 1. The fraction of sp³-hybridized carbons (Fsp3) is 0.207. The summed E-state index contributed by atoms with van der Waals surface area (Å²) in [5.74, 6) is 0.763. The zero-order valence-electron chi connectivity index (χ0n) is 18.3. The maximum atomic E-state index is 11.0. The third-order valence-corrected chi connectivity index (χ3v) is 6.33. The highest BCUT2D eigenvalue weighted by Crippen LogP contribution is 2.34. The van der Waals surface area contributed by atoms with Crippen LogP contribution in [0.1, 0.15) is 29.5 Å². The van der Waals surface area contributed by atoms with E-state index in [4.69, 9.17) is 9.47 Å². The van der Waals surface area contributed by atoms with E-state index in [0.717, 1.165) is 38.8 Å². The van der Waals surface area contributed by atoms with Crippen LogP contribution in [0.5, 0.6) is 5.75 Å². The first kappa shape index (κ1) is 21.2. The van der Waals surface area contributed by atoms with Crippen molar-refractivity contribution in [3.63, 3.8) is 0 Å². The first-order chi connectivity index (χ1) is 16.1. The van der Waals surface area contributed by atoms with Crippen LogP contribution in [0.15, 0.2) is 84.9 Å². The number of aliphatic hydroxyl groups is 1. The lowest BCUT2D eigenvalue weighted by atomic mass is 9.86. The van der Waals surface area contributed by atoms with Crippen LogP contribution in [0.2, 0.25) is 0 Å². The molecule has 0 aliphatic carbocycles. The number of fused-ring (bicyclic) bond motifs is 1. The second-order valence-corrected chi connectivity index (χ2v) is 8.52. The second-order valence-electron chi connectivity index (χ2n) is 8.52. The Labute approximate surface area is 193 Å².